The summed E-state index contributed by atoms with van der Waals surface area (Å²) in [6.07, 6.45) is 80.2. The van der Waals surface area contributed by atoms with Gasteiger partial charge in [-0.15, -0.1) is 0 Å². The Morgan fingerprint density at radius 3 is 1.27 bits per heavy atom. The van der Waals surface area contributed by atoms with Crippen molar-refractivity contribution in [2.45, 2.75) is 238 Å². The summed E-state index contributed by atoms with van der Waals surface area (Å²) in [5.74, 6) is -0.216. The summed E-state index contributed by atoms with van der Waals surface area (Å²) in [6, 6.07) is -0.914. The fourth-order valence-electron chi connectivity index (χ4n) is 7.80. The first-order chi connectivity index (χ1) is 35.5. The van der Waals surface area contributed by atoms with Crippen LogP contribution in [0, 0.1) is 0 Å². The second-order valence-corrected chi connectivity index (χ2v) is 22.0. The fourth-order valence-corrected chi connectivity index (χ4v) is 8.52. The van der Waals surface area contributed by atoms with Crippen LogP contribution in [0.1, 0.15) is 226 Å². The average molecular weight is 1040 g/mol. The number of unbranched alkanes of at least 4 members (excludes halogenated alkanes) is 21. The summed E-state index contributed by atoms with van der Waals surface area (Å²) in [5.41, 5.74) is 0. The third-order valence-electron chi connectivity index (χ3n) is 12.4. The van der Waals surface area contributed by atoms with Crippen LogP contribution in [0.25, 0.3) is 0 Å². The van der Waals surface area contributed by atoms with E-state index in [2.05, 4.69) is 129 Å². The first-order valence-electron chi connectivity index (χ1n) is 29.4. The number of nitrogens with zero attached hydrogens (tertiary/aromatic N) is 1. The van der Waals surface area contributed by atoms with E-state index < -0.39 is 26.6 Å². The van der Waals surface area contributed by atoms with Gasteiger partial charge in [0, 0.05) is 6.42 Å². The van der Waals surface area contributed by atoms with E-state index >= 15 is 0 Å². The molecule has 8 nitrogen and oxygen atoms in total. The molecule has 73 heavy (non-hydrogen) atoms. The van der Waals surface area contributed by atoms with E-state index in [0.717, 1.165) is 96.3 Å². The highest BCUT2D eigenvalue weighted by atomic mass is 31.2. The maximum Gasteiger partial charge on any atom is 0.268 e. The Hall–Kier alpha value is -3.10. The number of carbonyl (C=O) groups is 1. The number of rotatable bonds is 52. The van der Waals surface area contributed by atoms with Crippen molar-refractivity contribution in [1.82, 2.24) is 5.32 Å². The summed E-state index contributed by atoms with van der Waals surface area (Å²) in [4.78, 5) is 25.4. The molecule has 3 atom stereocenters. The van der Waals surface area contributed by atoms with Crippen molar-refractivity contribution in [1.29, 1.82) is 0 Å². The molecule has 0 aliphatic carbocycles. The number of phosphoric acid groups is 1. The van der Waals surface area contributed by atoms with Gasteiger partial charge in [-0.3, -0.25) is 9.36 Å². The van der Waals surface area contributed by atoms with Gasteiger partial charge in [-0.1, -0.05) is 245 Å². The van der Waals surface area contributed by atoms with Crippen LogP contribution in [-0.2, 0) is 18.4 Å². The van der Waals surface area contributed by atoms with Crippen molar-refractivity contribution in [3.05, 3.63) is 122 Å². The molecule has 0 bridgehead atoms. The molecule has 0 spiro atoms. The van der Waals surface area contributed by atoms with Gasteiger partial charge in [0.2, 0.25) is 5.91 Å². The van der Waals surface area contributed by atoms with Gasteiger partial charge >= 0.3 is 0 Å². The zero-order valence-electron chi connectivity index (χ0n) is 47.5. The first-order valence-corrected chi connectivity index (χ1v) is 30.9. The monoisotopic (exact) mass is 1030 g/mol. The number of hydrogen-bond donors (Lipinski definition) is 2. The number of allylic oxidation sites excluding steroid dienone is 19. The Kier molecular flexibility index (Phi) is 51.4. The number of quaternary nitrogens is 1. The SMILES string of the molecule is CC/C=C\C/C=C\C/C=C\C/C=C\C/C=C\C/C=C\C/C=C\CCCCCCCCCCCCCCCCCCCC(=O)NC(COP(=O)([O-])OCC[N+](C)(C)C)C(O)/C=C/CC/C=C/CC/C=C/CCCC. The van der Waals surface area contributed by atoms with Crippen molar-refractivity contribution in [3.8, 4) is 0 Å². The van der Waals surface area contributed by atoms with E-state index in [9.17, 15) is 19.4 Å². The van der Waals surface area contributed by atoms with Gasteiger partial charge < -0.3 is 28.8 Å². The van der Waals surface area contributed by atoms with Crippen LogP contribution >= 0.6 is 7.82 Å². The van der Waals surface area contributed by atoms with Gasteiger partial charge in [0.25, 0.3) is 7.82 Å². The predicted molar refractivity (Wildman–Crippen MR) is 315 cm³/mol. The highest BCUT2D eigenvalue weighted by Gasteiger charge is 2.23. The lowest BCUT2D eigenvalue weighted by molar-refractivity contribution is -0.870. The minimum Gasteiger partial charge on any atom is -0.756 e. The standard InChI is InChI=1S/C64H111N2O6P/c1-6-8-10-12-14-16-18-20-21-22-23-24-25-26-27-28-29-30-31-32-33-34-35-36-37-38-39-40-41-42-43-44-45-46-48-50-52-54-56-58-64(68)65-62(61-72-73(69,70)71-60-59-66(3,4)5)63(67)57-55-53-51-49-47-19-17-15-13-11-9-7-2/h8,10,13-16,20-21,23-24,26-27,29-30,32-33,47,49,55,57,62-63,67H,6-7,9,11-12,17-19,22,25,28,31,34-46,48,50-54,56,58-61H2,1-5H3,(H-,65,68,69,70)/b10-8-,15-13+,16-14-,21-20-,24-23-,27-26-,30-29-,33-32-,49-47+,57-55+. The molecule has 9 heteroatoms. The lowest BCUT2D eigenvalue weighted by Gasteiger charge is -2.29. The third kappa shape index (κ3) is 56.5. The largest absolute Gasteiger partial charge is 0.756 e. The lowest BCUT2D eigenvalue weighted by atomic mass is 10.0. The van der Waals surface area contributed by atoms with Gasteiger partial charge in [-0.25, -0.2) is 0 Å². The number of carbonyl (C=O) groups excluding carboxylic acids is 1. The number of hydrogen-bond acceptors (Lipinski definition) is 6. The van der Waals surface area contributed by atoms with Crippen LogP contribution in [0.4, 0.5) is 0 Å². The summed E-state index contributed by atoms with van der Waals surface area (Å²) in [5, 5.41) is 13.8. The molecule has 2 N–H and O–H groups in total. The minimum atomic E-state index is -4.61. The normalized spacial score (nSPS) is 14.8. The van der Waals surface area contributed by atoms with Crippen molar-refractivity contribution < 1.29 is 32.9 Å². The highest BCUT2D eigenvalue weighted by molar-refractivity contribution is 7.45. The number of amides is 1. The van der Waals surface area contributed by atoms with Crippen molar-refractivity contribution in [3.63, 3.8) is 0 Å². The van der Waals surface area contributed by atoms with E-state index in [-0.39, 0.29) is 12.5 Å². The van der Waals surface area contributed by atoms with E-state index in [1.165, 1.54) is 109 Å². The maximum atomic E-state index is 12.9. The zero-order valence-corrected chi connectivity index (χ0v) is 48.4. The summed E-state index contributed by atoms with van der Waals surface area (Å²) < 4.78 is 23.2. The molecule has 0 saturated heterocycles. The molecule has 0 saturated carbocycles. The third-order valence-corrected chi connectivity index (χ3v) is 13.3. The zero-order chi connectivity index (χ0) is 53.5. The molecule has 0 aromatic rings. The molecule has 0 aliphatic rings. The summed E-state index contributed by atoms with van der Waals surface area (Å²) in [7, 11) is 1.22. The Morgan fingerprint density at radius 1 is 0.493 bits per heavy atom. The van der Waals surface area contributed by atoms with Crippen LogP contribution in [0.3, 0.4) is 0 Å². The first kappa shape index (κ1) is 69.9. The second-order valence-electron chi connectivity index (χ2n) is 20.6. The molecular weight excluding hydrogens is 924 g/mol. The molecule has 0 aromatic carbocycles. The minimum absolute atomic E-state index is 0.0131. The van der Waals surface area contributed by atoms with Crippen LogP contribution in [0.2, 0.25) is 0 Å². The van der Waals surface area contributed by atoms with Crippen molar-refractivity contribution in [2.24, 2.45) is 0 Å². The maximum absolute atomic E-state index is 12.9. The van der Waals surface area contributed by atoms with Gasteiger partial charge in [0.15, 0.2) is 0 Å². The molecule has 0 aromatic heterocycles. The molecule has 3 unspecified atom stereocenters. The van der Waals surface area contributed by atoms with Crippen LogP contribution in [0.15, 0.2) is 122 Å². The lowest BCUT2D eigenvalue weighted by Crippen LogP contribution is -2.45. The molecular formula is C64H111N2O6P. The number of phosphoric ester groups is 1. The van der Waals surface area contributed by atoms with E-state index in [4.69, 9.17) is 9.05 Å². The van der Waals surface area contributed by atoms with Gasteiger partial charge in [-0.05, 0) is 96.3 Å². The summed E-state index contributed by atoms with van der Waals surface area (Å²) >= 11 is 0. The van der Waals surface area contributed by atoms with E-state index in [0.29, 0.717) is 17.4 Å². The Bertz CT molecular complexity index is 1600. The molecule has 418 valence electrons. The number of aliphatic hydroxyl groups excluding tert-OH is 1. The van der Waals surface area contributed by atoms with E-state index in [1.54, 1.807) is 6.08 Å². The Morgan fingerprint density at radius 2 is 0.849 bits per heavy atom. The van der Waals surface area contributed by atoms with Crippen molar-refractivity contribution >= 4 is 13.7 Å². The van der Waals surface area contributed by atoms with Crippen LogP contribution < -0.4 is 10.2 Å². The second kappa shape index (κ2) is 53.7. The van der Waals surface area contributed by atoms with Crippen LogP contribution in [-0.4, -0.2) is 68.5 Å². The average Bonchev–Trinajstić information content (AvgIpc) is 3.35. The quantitative estimate of drug-likeness (QED) is 0.0272. The molecule has 0 rings (SSSR count). The predicted octanol–water partition coefficient (Wildman–Crippen LogP) is 17.5. The molecule has 0 heterocycles. The summed E-state index contributed by atoms with van der Waals surface area (Å²) in [6.45, 7) is 4.44. The topological polar surface area (TPSA) is 108 Å². The van der Waals surface area contributed by atoms with Gasteiger partial charge in [0.05, 0.1) is 39.9 Å². The number of nitrogens with one attached hydrogen (secondary N) is 1. The van der Waals surface area contributed by atoms with E-state index in [1.807, 2.05) is 27.2 Å². The smallest absolute Gasteiger partial charge is 0.268 e. The van der Waals surface area contributed by atoms with Gasteiger partial charge in [-0.2, -0.15) is 0 Å². The molecule has 0 radical (unpaired) electrons. The number of likely N-dealkylation sites (N-methyl/N-ethyl adjacent to an activating group) is 1. The highest BCUT2D eigenvalue weighted by Crippen LogP contribution is 2.38. The van der Waals surface area contributed by atoms with Crippen LogP contribution in [0.5, 0.6) is 0 Å². The van der Waals surface area contributed by atoms with Gasteiger partial charge in [0.1, 0.15) is 13.2 Å². The molecule has 1 amide bonds. The van der Waals surface area contributed by atoms with Crippen molar-refractivity contribution in [2.75, 3.05) is 40.9 Å². The number of aliphatic hydroxyl groups is 1. The Labute approximate surface area is 450 Å². The Balaban J connectivity index is 4.00. The fraction of sp³-hybridized carbons (Fsp3) is 0.672. The molecule has 0 fully saturated rings. The molecule has 0 aliphatic heterocycles.